The summed E-state index contributed by atoms with van der Waals surface area (Å²) >= 11 is 0. The number of benzene rings is 1. The number of amides is 4. The maximum absolute atomic E-state index is 11.7. The molecule has 1 aliphatic rings. The van der Waals surface area contributed by atoms with Crippen molar-refractivity contribution in [2.75, 3.05) is 24.1 Å². The third-order valence-corrected chi connectivity index (χ3v) is 2.73. The molecular formula is C12H14N4O3. The van der Waals surface area contributed by atoms with Crippen molar-refractivity contribution in [3.05, 3.63) is 24.3 Å². The monoisotopic (exact) mass is 262 g/mol. The molecule has 0 spiro atoms. The number of para-hydroxylation sites is 2. The number of carbonyl (C=O) groups is 3. The lowest BCUT2D eigenvalue weighted by Gasteiger charge is -2.12. The lowest BCUT2D eigenvalue weighted by molar-refractivity contribution is -0.125. The number of nitrogen functional groups attached to an aromatic ring is 1. The van der Waals surface area contributed by atoms with Crippen LogP contribution in [0.25, 0.3) is 0 Å². The molecule has 7 heteroatoms. The minimum atomic E-state index is -0.461. The van der Waals surface area contributed by atoms with Crippen molar-refractivity contribution in [2.45, 2.75) is 6.42 Å². The van der Waals surface area contributed by atoms with Crippen LogP contribution in [-0.4, -0.2) is 35.8 Å². The van der Waals surface area contributed by atoms with Crippen LogP contribution < -0.4 is 16.4 Å². The van der Waals surface area contributed by atoms with Gasteiger partial charge in [-0.3, -0.25) is 14.5 Å². The Kier molecular flexibility index (Phi) is 3.65. The van der Waals surface area contributed by atoms with E-state index in [2.05, 4.69) is 10.6 Å². The fourth-order valence-corrected chi connectivity index (χ4v) is 1.72. The van der Waals surface area contributed by atoms with Gasteiger partial charge in [0, 0.05) is 13.0 Å². The first-order valence-electron chi connectivity index (χ1n) is 5.80. The third-order valence-electron chi connectivity index (χ3n) is 2.73. The first-order valence-corrected chi connectivity index (χ1v) is 5.80. The van der Waals surface area contributed by atoms with E-state index in [1.807, 2.05) is 0 Å². The minimum absolute atomic E-state index is 0.00785. The first-order chi connectivity index (χ1) is 9.08. The lowest BCUT2D eigenvalue weighted by Crippen LogP contribution is -2.33. The van der Waals surface area contributed by atoms with Crippen molar-refractivity contribution in [3.8, 4) is 0 Å². The molecule has 7 nitrogen and oxygen atoms in total. The molecule has 1 aromatic carbocycles. The molecule has 0 unspecified atom stereocenters. The summed E-state index contributed by atoms with van der Waals surface area (Å²) in [6.07, 6.45) is 0.0352. The van der Waals surface area contributed by atoms with Gasteiger partial charge in [0.25, 0.3) is 0 Å². The molecule has 4 N–H and O–H groups in total. The highest BCUT2D eigenvalue weighted by molar-refractivity contribution is 6.02. The molecular weight excluding hydrogens is 248 g/mol. The molecule has 0 atom stereocenters. The summed E-state index contributed by atoms with van der Waals surface area (Å²) in [4.78, 5) is 35.3. The van der Waals surface area contributed by atoms with Gasteiger partial charge in [0.05, 0.1) is 17.9 Å². The van der Waals surface area contributed by atoms with E-state index in [0.717, 1.165) is 4.90 Å². The first kappa shape index (κ1) is 12.9. The minimum Gasteiger partial charge on any atom is -0.397 e. The highest BCUT2D eigenvalue weighted by Gasteiger charge is 2.28. The van der Waals surface area contributed by atoms with Crippen molar-refractivity contribution in [1.29, 1.82) is 0 Å². The molecule has 1 heterocycles. The fourth-order valence-electron chi connectivity index (χ4n) is 1.72. The predicted octanol–water partition coefficient (Wildman–Crippen LogP) is 0.149. The molecule has 0 bridgehead atoms. The summed E-state index contributed by atoms with van der Waals surface area (Å²) < 4.78 is 0. The van der Waals surface area contributed by atoms with Gasteiger partial charge in [0.2, 0.25) is 11.8 Å². The Hall–Kier alpha value is -2.57. The van der Waals surface area contributed by atoms with Crippen molar-refractivity contribution in [2.24, 2.45) is 0 Å². The number of anilines is 2. The zero-order valence-electron chi connectivity index (χ0n) is 10.2. The topological polar surface area (TPSA) is 105 Å². The number of nitrogens with zero attached hydrogens (tertiary/aromatic N) is 1. The van der Waals surface area contributed by atoms with Gasteiger partial charge in [-0.05, 0) is 12.1 Å². The molecule has 4 amide bonds. The maximum atomic E-state index is 11.7. The number of hydrogen-bond acceptors (Lipinski definition) is 4. The second-order valence-electron chi connectivity index (χ2n) is 4.09. The van der Waals surface area contributed by atoms with Gasteiger partial charge in [-0.25, -0.2) is 4.79 Å². The van der Waals surface area contributed by atoms with Crippen LogP contribution in [0.15, 0.2) is 24.3 Å². The van der Waals surface area contributed by atoms with E-state index in [9.17, 15) is 14.4 Å². The van der Waals surface area contributed by atoms with Gasteiger partial charge in [-0.15, -0.1) is 0 Å². The molecule has 0 aromatic heterocycles. The normalized spacial score (nSPS) is 14.4. The summed E-state index contributed by atoms with van der Waals surface area (Å²) in [6, 6.07) is 6.41. The number of carbonyl (C=O) groups excluding carboxylic acids is 3. The molecule has 0 aliphatic carbocycles. The highest BCUT2D eigenvalue weighted by Crippen LogP contribution is 2.16. The number of nitrogens with one attached hydrogen (secondary N) is 2. The number of hydrogen-bond donors (Lipinski definition) is 3. The number of nitrogens with two attached hydrogens (primary N) is 1. The third kappa shape index (κ3) is 3.01. The van der Waals surface area contributed by atoms with Crippen LogP contribution in [0.2, 0.25) is 0 Å². The van der Waals surface area contributed by atoms with Crippen molar-refractivity contribution in [3.63, 3.8) is 0 Å². The molecule has 1 aliphatic heterocycles. The molecule has 0 saturated carbocycles. The van der Waals surface area contributed by atoms with Crippen molar-refractivity contribution < 1.29 is 14.4 Å². The highest BCUT2D eigenvalue weighted by atomic mass is 16.2. The molecule has 1 fully saturated rings. The van der Waals surface area contributed by atoms with Crippen LogP contribution in [0, 0.1) is 0 Å². The maximum Gasteiger partial charge on any atom is 0.324 e. The van der Waals surface area contributed by atoms with Crippen LogP contribution in [0.1, 0.15) is 6.42 Å². The number of rotatable bonds is 4. The Morgan fingerprint density at radius 3 is 2.74 bits per heavy atom. The Morgan fingerprint density at radius 1 is 1.37 bits per heavy atom. The van der Waals surface area contributed by atoms with Gasteiger partial charge in [0.15, 0.2) is 0 Å². The number of imide groups is 1. The quantitative estimate of drug-likeness (QED) is 0.530. The van der Waals surface area contributed by atoms with E-state index < -0.39 is 6.03 Å². The standard InChI is InChI=1S/C12H14N4O3/c13-8-3-1-2-4-9(8)15-10(17)5-6-16-11(18)7-14-12(16)19/h1-4H,5-7,13H2,(H,14,19)(H,15,17). The van der Waals surface area contributed by atoms with Gasteiger partial charge < -0.3 is 16.4 Å². The summed E-state index contributed by atoms with van der Waals surface area (Å²) in [5, 5.41) is 5.02. The smallest absolute Gasteiger partial charge is 0.324 e. The lowest BCUT2D eigenvalue weighted by atomic mass is 10.2. The van der Waals surface area contributed by atoms with Crippen LogP contribution in [-0.2, 0) is 9.59 Å². The van der Waals surface area contributed by atoms with E-state index in [-0.39, 0.29) is 31.3 Å². The average Bonchev–Trinajstić information content (AvgIpc) is 2.70. The van der Waals surface area contributed by atoms with Crippen LogP contribution in [0.3, 0.4) is 0 Å². The average molecular weight is 262 g/mol. The molecule has 19 heavy (non-hydrogen) atoms. The van der Waals surface area contributed by atoms with Crippen LogP contribution in [0.5, 0.6) is 0 Å². The summed E-state index contributed by atoms with van der Waals surface area (Å²) in [6.45, 7) is 0.0509. The second-order valence-corrected chi connectivity index (χ2v) is 4.09. The van der Waals surface area contributed by atoms with Gasteiger partial charge >= 0.3 is 6.03 Å². The molecule has 1 aromatic rings. The molecule has 100 valence electrons. The van der Waals surface area contributed by atoms with Gasteiger partial charge in [0.1, 0.15) is 0 Å². The number of urea groups is 1. The molecule has 0 radical (unpaired) electrons. The summed E-state index contributed by atoms with van der Waals surface area (Å²) in [5.41, 5.74) is 6.67. The Labute approximate surface area is 109 Å². The molecule has 2 rings (SSSR count). The Bertz CT molecular complexity index is 513. The summed E-state index contributed by atoms with van der Waals surface area (Å²) in [5.74, 6) is -0.623. The van der Waals surface area contributed by atoms with E-state index in [0.29, 0.717) is 11.4 Å². The summed E-state index contributed by atoms with van der Waals surface area (Å²) in [7, 11) is 0. The van der Waals surface area contributed by atoms with Crippen LogP contribution >= 0.6 is 0 Å². The van der Waals surface area contributed by atoms with Crippen molar-refractivity contribution in [1.82, 2.24) is 10.2 Å². The Balaban J connectivity index is 1.87. The Morgan fingerprint density at radius 2 is 2.11 bits per heavy atom. The van der Waals surface area contributed by atoms with E-state index in [1.165, 1.54) is 0 Å². The van der Waals surface area contributed by atoms with Gasteiger partial charge in [-0.2, -0.15) is 0 Å². The van der Waals surface area contributed by atoms with Gasteiger partial charge in [-0.1, -0.05) is 12.1 Å². The van der Waals surface area contributed by atoms with E-state index in [1.54, 1.807) is 24.3 Å². The zero-order chi connectivity index (χ0) is 13.8. The second kappa shape index (κ2) is 5.38. The SMILES string of the molecule is Nc1ccccc1NC(=O)CCN1C(=O)CNC1=O. The zero-order valence-corrected chi connectivity index (χ0v) is 10.2. The fraction of sp³-hybridized carbons (Fsp3) is 0.250. The van der Waals surface area contributed by atoms with Crippen LogP contribution in [0.4, 0.5) is 16.2 Å². The van der Waals surface area contributed by atoms with E-state index in [4.69, 9.17) is 5.73 Å². The van der Waals surface area contributed by atoms with Crippen molar-refractivity contribution >= 4 is 29.2 Å². The molecule has 1 saturated heterocycles. The van der Waals surface area contributed by atoms with E-state index >= 15 is 0 Å². The largest absolute Gasteiger partial charge is 0.397 e. The predicted molar refractivity (Wildman–Crippen MR) is 69.2 cm³/mol.